The van der Waals surface area contributed by atoms with Gasteiger partial charge in [-0.25, -0.2) is 9.69 Å². The van der Waals surface area contributed by atoms with E-state index >= 15 is 0 Å². The van der Waals surface area contributed by atoms with Gasteiger partial charge in [0.1, 0.15) is 5.84 Å². The van der Waals surface area contributed by atoms with Crippen LogP contribution in [-0.4, -0.2) is 32.7 Å². The molecule has 1 aromatic heterocycles. The maximum Gasteiger partial charge on any atom is 0.207 e. The lowest BCUT2D eigenvalue weighted by atomic mass is 9.52. The average Bonchev–Trinajstić information content (AvgIpc) is 3.27. The number of aliphatic imine (C=N–C) groups is 1. The van der Waals surface area contributed by atoms with Gasteiger partial charge in [-0.05, 0) is 77.0 Å². The number of nitrogens with two attached hydrogens (primary N) is 1. The average molecular weight is 394 g/mol. The van der Waals surface area contributed by atoms with Crippen LogP contribution >= 0.6 is 0 Å². The fraction of sp³-hybridized carbons (Fsp3) is 0.682. The summed E-state index contributed by atoms with van der Waals surface area (Å²) in [6.07, 6.45) is 16.1. The van der Waals surface area contributed by atoms with E-state index in [-0.39, 0.29) is 16.9 Å². The molecule has 2 heterocycles. The van der Waals surface area contributed by atoms with Gasteiger partial charge in [0, 0.05) is 18.3 Å². The Bertz CT molecular complexity index is 875. The number of nitrogens with zero attached hydrogens (tertiary/aromatic N) is 6. The highest BCUT2D eigenvalue weighted by atomic mass is 15.7. The van der Waals surface area contributed by atoms with E-state index in [4.69, 9.17) is 11.0 Å². The van der Waals surface area contributed by atoms with Gasteiger partial charge in [0.15, 0.2) is 5.82 Å². The molecule has 0 unspecified atom stereocenters. The molecule has 7 nitrogen and oxygen atoms in total. The summed E-state index contributed by atoms with van der Waals surface area (Å²) in [6, 6.07) is 0. The molecule has 7 heteroatoms. The van der Waals surface area contributed by atoms with Crippen LogP contribution in [0.1, 0.15) is 64.9 Å². The minimum absolute atomic E-state index is 0.218. The molecule has 4 saturated carbocycles. The predicted octanol–water partition coefficient (Wildman–Crippen LogP) is 3.34. The van der Waals surface area contributed by atoms with E-state index in [1.807, 2.05) is 10.9 Å². The summed E-state index contributed by atoms with van der Waals surface area (Å²) >= 11 is 0. The number of rotatable bonds is 3. The quantitative estimate of drug-likeness (QED) is 0.483. The van der Waals surface area contributed by atoms with Crippen molar-refractivity contribution in [1.29, 1.82) is 5.26 Å². The maximum absolute atomic E-state index is 9.04. The third kappa shape index (κ3) is 2.88. The normalized spacial score (nSPS) is 34.2. The van der Waals surface area contributed by atoms with Gasteiger partial charge < -0.3 is 5.73 Å². The Hall–Kier alpha value is -2.33. The molecule has 5 aliphatic rings. The Morgan fingerprint density at radius 1 is 1.21 bits per heavy atom. The van der Waals surface area contributed by atoms with Crippen molar-refractivity contribution in [3.63, 3.8) is 0 Å². The van der Waals surface area contributed by atoms with Crippen molar-refractivity contribution in [2.45, 2.75) is 70.4 Å². The highest BCUT2D eigenvalue weighted by Gasteiger charge is 2.55. The van der Waals surface area contributed by atoms with Crippen LogP contribution < -0.4 is 10.7 Å². The Morgan fingerprint density at radius 3 is 2.38 bits per heavy atom. The Balaban J connectivity index is 1.59. The zero-order valence-electron chi connectivity index (χ0n) is 17.7. The summed E-state index contributed by atoms with van der Waals surface area (Å²) in [5.41, 5.74) is 6.92. The van der Waals surface area contributed by atoms with E-state index in [1.165, 1.54) is 38.5 Å². The van der Waals surface area contributed by atoms with Gasteiger partial charge in [0.05, 0.1) is 17.3 Å². The summed E-state index contributed by atoms with van der Waals surface area (Å²) < 4.78 is 2.02. The van der Waals surface area contributed by atoms with Crippen molar-refractivity contribution in [2.24, 2.45) is 28.5 Å². The third-order valence-electron chi connectivity index (χ3n) is 7.38. The van der Waals surface area contributed by atoms with Crippen LogP contribution in [0.4, 0.5) is 5.82 Å². The second-order valence-corrected chi connectivity index (χ2v) is 10.5. The van der Waals surface area contributed by atoms with Crippen molar-refractivity contribution < 1.29 is 0 Å². The molecule has 1 aliphatic heterocycles. The van der Waals surface area contributed by atoms with Gasteiger partial charge in [-0.15, -0.1) is 0 Å². The van der Waals surface area contributed by atoms with E-state index in [1.54, 1.807) is 6.20 Å². The third-order valence-corrected chi connectivity index (χ3v) is 7.38. The number of aromatic nitrogens is 2. The van der Waals surface area contributed by atoms with Crippen molar-refractivity contribution in [3.8, 4) is 6.19 Å². The van der Waals surface area contributed by atoms with Gasteiger partial charge in [-0.1, -0.05) is 6.08 Å². The van der Waals surface area contributed by atoms with E-state index in [9.17, 15) is 0 Å². The maximum atomic E-state index is 9.04. The fourth-order valence-electron chi connectivity index (χ4n) is 6.75. The first-order chi connectivity index (χ1) is 13.8. The molecule has 154 valence electrons. The Morgan fingerprint density at radius 2 is 1.83 bits per heavy atom. The molecule has 0 atom stereocenters. The van der Waals surface area contributed by atoms with Gasteiger partial charge in [-0.2, -0.15) is 15.4 Å². The van der Waals surface area contributed by atoms with E-state index < -0.39 is 0 Å². The van der Waals surface area contributed by atoms with Crippen LogP contribution in [0.15, 0.2) is 23.5 Å². The Kier molecular flexibility index (Phi) is 4.08. The molecule has 0 spiro atoms. The van der Waals surface area contributed by atoms with Crippen molar-refractivity contribution >= 4 is 11.7 Å². The molecule has 0 radical (unpaired) electrons. The summed E-state index contributed by atoms with van der Waals surface area (Å²) in [6.45, 7) is 7.33. The van der Waals surface area contributed by atoms with Crippen molar-refractivity contribution in [1.82, 2.24) is 14.8 Å². The predicted molar refractivity (Wildman–Crippen MR) is 113 cm³/mol. The first-order valence-corrected chi connectivity index (χ1v) is 10.9. The van der Waals surface area contributed by atoms with Crippen molar-refractivity contribution in [2.75, 3.05) is 11.6 Å². The van der Waals surface area contributed by atoms with E-state index in [0.717, 1.165) is 35.7 Å². The standard InChI is InChI=1S/C22H31N7/c1-21(2,3)29-20(18(13-26-29)19(24)25-14-23)27-5-4-6-28(27)22-10-15-7-16(11-22)9-17(8-15)12-22/h4-5,13,15-17H,6-12H2,1-3H3,(H2,24,25). The summed E-state index contributed by atoms with van der Waals surface area (Å²) in [4.78, 5) is 3.82. The lowest BCUT2D eigenvalue weighted by Gasteiger charge is -2.61. The summed E-state index contributed by atoms with van der Waals surface area (Å²) in [5, 5.41) is 18.5. The van der Waals surface area contributed by atoms with Gasteiger partial charge in [0.25, 0.3) is 0 Å². The summed E-state index contributed by atoms with van der Waals surface area (Å²) in [7, 11) is 0. The topological polar surface area (TPSA) is 86.5 Å². The molecule has 29 heavy (non-hydrogen) atoms. The molecular formula is C22H31N7. The number of nitriles is 1. The van der Waals surface area contributed by atoms with Crippen LogP contribution in [0.5, 0.6) is 0 Å². The molecular weight excluding hydrogens is 362 g/mol. The minimum Gasteiger partial charge on any atom is -0.382 e. The van der Waals surface area contributed by atoms with Crippen LogP contribution in [-0.2, 0) is 5.54 Å². The molecule has 6 rings (SSSR count). The second-order valence-electron chi connectivity index (χ2n) is 10.5. The largest absolute Gasteiger partial charge is 0.382 e. The highest BCUT2D eigenvalue weighted by molar-refractivity contribution is 6.02. The number of hydrogen-bond acceptors (Lipinski definition) is 5. The number of hydrogen-bond donors (Lipinski definition) is 1. The first-order valence-electron chi connectivity index (χ1n) is 10.9. The smallest absolute Gasteiger partial charge is 0.207 e. The van der Waals surface area contributed by atoms with E-state index in [0.29, 0.717) is 0 Å². The molecule has 0 saturated heterocycles. The van der Waals surface area contributed by atoms with Crippen LogP contribution in [0.25, 0.3) is 0 Å². The van der Waals surface area contributed by atoms with Gasteiger partial charge >= 0.3 is 0 Å². The molecule has 0 amide bonds. The lowest BCUT2D eigenvalue weighted by Crippen LogP contribution is -2.63. The Labute approximate surface area is 172 Å². The summed E-state index contributed by atoms with van der Waals surface area (Å²) in [5.74, 6) is 3.77. The SMILES string of the molecule is CC(C)(C)n1ncc(C(N)=NC#N)c1N1C=CCN1C12CC3CC(CC(C3)C1)C2. The van der Waals surface area contributed by atoms with Crippen LogP contribution in [0.2, 0.25) is 0 Å². The molecule has 4 fully saturated rings. The highest BCUT2D eigenvalue weighted by Crippen LogP contribution is 2.58. The van der Waals surface area contributed by atoms with Crippen LogP contribution in [0.3, 0.4) is 0 Å². The monoisotopic (exact) mass is 393 g/mol. The molecule has 2 N–H and O–H groups in total. The molecule has 1 aromatic rings. The van der Waals surface area contributed by atoms with Crippen molar-refractivity contribution in [3.05, 3.63) is 24.0 Å². The minimum atomic E-state index is -0.218. The first kappa shape index (κ1) is 18.7. The van der Waals surface area contributed by atoms with Crippen LogP contribution in [0, 0.1) is 29.2 Å². The number of amidine groups is 1. The van der Waals surface area contributed by atoms with Gasteiger partial charge in [0.2, 0.25) is 6.19 Å². The zero-order chi connectivity index (χ0) is 20.4. The number of anilines is 1. The molecule has 4 bridgehead atoms. The van der Waals surface area contributed by atoms with E-state index in [2.05, 4.69) is 53.2 Å². The fourth-order valence-corrected chi connectivity index (χ4v) is 6.75. The molecule has 4 aliphatic carbocycles. The molecule has 0 aromatic carbocycles. The second kappa shape index (κ2) is 6.33. The zero-order valence-corrected chi connectivity index (χ0v) is 17.7. The number of hydrazine groups is 1. The van der Waals surface area contributed by atoms with Gasteiger partial charge in [-0.3, -0.25) is 5.01 Å². The lowest BCUT2D eigenvalue weighted by molar-refractivity contribution is -0.0834.